The molecular weight excluding hydrogens is 344 g/mol. The number of aromatic nitrogens is 3. The van der Waals surface area contributed by atoms with Gasteiger partial charge in [0.25, 0.3) is 5.91 Å². The van der Waals surface area contributed by atoms with Gasteiger partial charge < -0.3 is 5.32 Å². The minimum Gasteiger partial charge on any atom is -0.348 e. The molecule has 0 aliphatic rings. The van der Waals surface area contributed by atoms with E-state index >= 15 is 0 Å². The number of nitrogens with zero attached hydrogens (tertiary/aromatic N) is 3. The molecule has 1 N–H and O–H groups in total. The molecule has 0 bridgehead atoms. The summed E-state index contributed by atoms with van der Waals surface area (Å²) in [5, 5.41) is 7.42. The Balaban J connectivity index is 1.67. The molecule has 0 fully saturated rings. The third-order valence-electron chi connectivity index (χ3n) is 4.49. The van der Waals surface area contributed by atoms with Gasteiger partial charge in [-0.05, 0) is 62.4 Å². The summed E-state index contributed by atoms with van der Waals surface area (Å²) in [5.41, 5.74) is 4.80. The van der Waals surface area contributed by atoms with Crippen LogP contribution < -0.4 is 5.32 Å². The van der Waals surface area contributed by atoms with Gasteiger partial charge in [-0.2, -0.15) is 5.10 Å². The number of hydrogen-bond acceptors (Lipinski definition) is 4. The molecule has 0 spiro atoms. The molecule has 134 valence electrons. The monoisotopic (exact) mass is 366 g/mol. The third kappa shape index (κ3) is 3.80. The van der Waals surface area contributed by atoms with Crippen molar-refractivity contribution in [2.75, 3.05) is 6.26 Å². The molecule has 0 unspecified atom stereocenters. The zero-order chi connectivity index (χ0) is 18.7. The maximum absolute atomic E-state index is 12.3. The summed E-state index contributed by atoms with van der Waals surface area (Å²) in [5.74, 6) is 0.574. The van der Waals surface area contributed by atoms with Crippen LogP contribution in [-0.4, -0.2) is 26.9 Å². The Hall–Kier alpha value is -2.60. The number of rotatable bonds is 5. The molecule has 5 nitrogen and oxygen atoms in total. The molecule has 26 heavy (non-hydrogen) atoms. The smallest absolute Gasteiger partial charge is 0.253 e. The van der Waals surface area contributed by atoms with Crippen LogP contribution in [0.1, 0.15) is 32.9 Å². The lowest BCUT2D eigenvalue weighted by Crippen LogP contribution is -2.23. The van der Waals surface area contributed by atoms with E-state index in [0.29, 0.717) is 17.9 Å². The molecule has 0 aliphatic heterocycles. The molecule has 2 heterocycles. The summed E-state index contributed by atoms with van der Waals surface area (Å²) in [4.78, 5) is 17.9. The van der Waals surface area contributed by atoms with Gasteiger partial charge in [0.2, 0.25) is 0 Å². The normalized spacial score (nSPS) is 10.8. The molecule has 6 heteroatoms. The van der Waals surface area contributed by atoms with E-state index in [1.165, 1.54) is 4.90 Å². The summed E-state index contributed by atoms with van der Waals surface area (Å²) >= 11 is 1.70. The molecule has 3 aromatic rings. The minimum absolute atomic E-state index is 0.137. The van der Waals surface area contributed by atoms with E-state index in [9.17, 15) is 4.79 Å². The standard InChI is InChI=1S/C20H22N4OS/c1-13-14(2)23-24(15(13)3)19-10-7-17(12-21-19)20(25)22-11-16-5-8-18(26-4)9-6-16/h5-10,12H,11H2,1-4H3,(H,22,25). The zero-order valence-electron chi connectivity index (χ0n) is 15.4. The topological polar surface area (TPSA) is 59.8 Å². The van der Waals surface area contributed by atoms with E-state index in [-0.39, 0.29) is 5.91 Å². The maximum atomic E-state index is 12.3. The van der Waals surface area contributed by atoms with Crippen LogP contribution in [0.15, 0.2) is 47.5 Å². The number of aryl methyl sites for hydroxylation is 1. The fraction of sp³-hybridized carbons (Fsp3) is 0.250. The molecule has 1 aromatic carbocycles. The molecule has 0 atom stereocenters. The van der Waals surface area contributed by atoms with Gasteiger partial charge in [-0.3, -0.25) is 4.79 Å². The van der Waals surface area contributed by atoms with Crippen LogP contribution in [0.2, 0.25) is 0 Å². The Labute approximate surface area is 157 Å². The fourth-order valence-electron chi connectivity index (χ4n) is 2.62. The first-order valence-corrected chi connectivity index (χ1v) is 9.62. The van der Waals surface area contributed by atoms with Gasteiger partial charge in [0.05, 0.1) is 11.3 Å². The molecule has 3 rings (SSSR count). The van der Waals surface area contributed by atoms with E-state index in [1.807, 2.05) is 45.2 Å². The Morgan fingerprint density at radius 2 is 1.85 bits per heavy atom. The van der Waals surface area contributed by atoms with Gasteiger partial charge >= 0.3 is 0 Å². The predicted octanol–water partition coefficient (Wildman–Crippen LogP) is 3.84. The SMILES string of the molecule is CSc1ccc(CNC(=O)c2ccc(-n3nc(C)c(C)c3C)nc2)cc1. The molecule has 2 aromatic heterocycles. The summed E-state index contributed by atoms with van der Waals surface area (Å²) in [6, 6.07) is 11.8. The lowest BCUT2D eigenvalue weighted by Gasteiger charge is -2.07. The Morgan fingerprint density at radius 1 is 1.12 bits per heavy atom. The van der Waals surface area contributed by atoms with Gasteiger partial charge in [-0.25, -0.2) is 9.67 Å². The quantitative estimate of drug-likeness (QED) is 0.697. The first-order chi connectivity index (χ1) is 12.5. The second-order valence-electron chi connectivity index (χ2n) is 6.14. The van der Waals surface area contributed by atoms with Crippen LogP contribution in [0.3, 0.4) is 0 Å². The second-order valence-corrected chi connectivity index (χ2v) is 7.02. The number of carbonyl (C=O) groups is 1. The van der Waals surface area contributed by atoms with Crippen LogP contribution >= 0.6 is 11.8 Å². The maximum Gasteiger partial charge on any atom is 0.253 e. The van der Waals surface area contributed by atoms with Crippen LogP contribution in [0.5, 0.6) is 0 Å². The molecule has 0 saturated heterocycles. The molecule has 0 radical (unpaired) electrons. The minimum atomic E-state index is -0.137. The molecular formula is C20H22N4OS. The number of hydrogen-bond donors (Lipinski definition) is 1. The highest BCUT2D eigenvalue weighted by molar-refractivity contribution is 7.98. The van der Waals surface area contributed by atoms with E-state index in [2.05, 4.69) is 27.5 Å². The summed E-state index contributed by atoms with van der Waals surface area (Å²) in [6.07, 6.45) is 3.63. The van der Waals surface area contributed by atoms with Crippen LogP contribution in [0.25, 0.3) is 5.82 Å². The Morgan fingerprint density at radius 3 is 2.38 bits per heavy atom. The van der Waals surface area contributed by atoms with E-state index in [1.54, 1.807) is 28.7 Å². The van der Waals surface area contributed by atoms with Gasteiger partial charge in [-0.1, -0.05) is 12.1 Å². The van der Waals surface area contributed by atoms with Crippen molar-refractivity contribution >= 4 is 17.7 Å². The highest BCUT2D eigenvalue weighted by atomic mass is 32.2. The Kier molecular flexibility index (Phi) is 5.42. The average Bonchev–Trinajstić information content (AvgIpc) is 2.94. The number of nitrogens with one attached hydrogen (secondary N) is 1. The number of benzene rings is 1. The van der Waals surface area contributed by atoms with E-state index < -0.39 is 0 Å². The molecule has 1 amide bonds. The van der Waals surface area contributed by atoms with Crippen molar-refractivity contribution < 1.29 is 4.79 Å². The average molecular weight is 366 g/mol. The fourth-order valence-corrected chi connectivity index (χ4v) is 3.03. The predicted molar refractivity (Wildman–Crippen MR) is 105 cm³/mol. The highest BCUT2D eigenvalue weighted by Crippen LogP contribution is 2.16. The van der Waals surface area contributed by atoms with E-state index in [4.69, 9.17) is 0 Å². The number of amides is 1. The van der Waals surface area contributed by atoms with Crippen LogP contribution in [0.4, 0.5) is 0 Å². The number of thioether (sulfide) groups is 1. The second kappa shape index (κ2) is 7.74. The summed E-state index contributed by atoms with van der Waals surface area (Å²) in [7, 11) is 0. The van der Waals surface area contributed by atoms with Crippen molar-refractivity contribution in [3.63, 3.8) is 0 Å². The molecule has 0 aliphatic carbocycles. The van der Waals surface area contributed by atoms with Crippen LogP contribution in [-0.2, 0) is 6.54 Å². The highest BCUT2D eigenvalue weighted by Gasteiger charge is 2.11. The van der Waals surface area contributed by atoms with Gasteiger partial charge in [0.1, 0.15) is 0 Å². The first-order valence-electron chi connectivity index (χ1n) is 8.40. The lowest BCUT2D eigenvalue weighted by molar-refractivity contribution is 0.0950. The number of pyridine rings is 1. The van der Waals surface area contributed by atoms with Crippen molar-refractivity contribution in [3.8, 4) is 5.82 Å². The van der Waals surface area contributed by atoms with Crippen LogP contribution in [0, 0.1) is 20.8 Å². The van der Waals surface area contributed by atoms with E-state index in [0.717, 1.165) is 22.5 Å². The van der Waals surface area contributed by atoms with Crippen molar-refractivity contribution in [2.24, 2.45) is 0 Å². The third-order valence-corrected chi connectivity index (χ3v) is 5.24. The largest absolute Gasteiger partial charge is 0.348 e. The summed E-state index contributed by atoms with van der Waals surface area (Å²) in [6.45, 7) is 6.53. The zero-order valence-corrected chi connectivity index (χ0v) is 16.2. The van der Waals surface area contributed by atoms with Crippen molar-refractivity contribution in [1.29, 1.82) is 0 Å². The lowest BCUT2D eigenvalue weighted by atomic mass is 10.2. The van der Waals surface area contributed by atoms with Crippen molar-refractivity contribution in [3.05, 3.63) is 70.7 Å². The molecule has 0 saturated carbocycles. The van der Waals surface area contributed by atoms with Gasteiger partial charge in [0, 0.05) is 23.3 Å². The summed E-state index contributed by atoms with van der Waals surface area (Å²) < 4.78 is 1.81. The number of carbonyl (C=O) groups excluding carboxylic acids is 1. The van der Waals surface area contributed by atoms with Gasteiger partial charge in [-0.15, -0.1) is 11.8 Å². The first kappa shape index (κ1) is 18.2. The van der Waals surface area contributed by atoms with Gasteiger partial charge in [0.15, 0.2) is 5.82 Å². The van der Waals surface area contributed by atoms with Crippen molar-refractivity contribution in [1.82, 2.24) is 20.1 Å². The van der Waals surface area contributed by atoms with Crippen molar-refractivity contribution in [2.45, 2.75) is 32.2 Å². The Bertz CT molecular complexity index is 914.